The topological polar surface area (TPSA) is 15.3 Å². The molecular weight excluding hydrogens is 263 g/mol. The van der Waals surface area contributed by atoms with Gasteiger partial charge >= 0.3 is 0 Å². The first-order chi connectivity index (χ1) is 10.2. The second-order valence-corrected chi connectivity index (χ2v) is 6.82. The van der Waals surface area contributed by atoms with Crippen LogP contribution in [-0.2, 0) is 6.54 Å². The van der Waals surface area contributed by atoms with Crippen molar-refractivity contribution >= 4 is 5.69 Å². The number of nitrogens with one attached hydrogen (secondary N) is 1. The molecule has 1 aliphatic heterocycles. The van der Waals surface area contributed by atoms with Gasteiger partial charge in [0.25, 0.3) is 0 Å². The van der Waals surface area contributed by atoms with Gasteiger partial charge in [0.2, 0.25) is 0 Å². The lowest BCUT2D eigenvalue weighted by Gasteiger charge is -2.32. The van der Waals surface area contributed by atoms with Crippen LogP contribution in [0.3, 0.4) is 0 Å². The Morgan fingerprint density at radius 1 is 1.14 bits per heavy atom. The van der Waals surface area contributed by atoms with Crippen molar-refractivity contribution in [1.29, 1.82) is 0 Å². The highest BCUT2D eigenvalue weighted by Gasteiger charge is 2.19. The third-order valence-electron chi connectivity index (χ3n) is 5.08. The number of piperidine rings is 1. The van der Waals surface area contributed by atoms with Gasteiger partial charge in [0.15, 0.2) is 0 Å². The monoisotopic (exact) mass is 290 g/mol. The van der Waals surface area contributed by atoms with E-state index in [1.165, 1.54) is 44.1 Å². The van der Waals surface area contributed by atoms with Crippen LogP contribution in [-0.4, -0.2) is 19.1 Å². The molecule has 0 aromatic heterocycles. The Balaban J connectivity index is 1.64. The molecule has 1 N–H and O–H groups in total. The zero-order chi connectivity index (χ0) is 14.7. The number of rotatable bonds is 4. The van der Waals surface area contributed by atoms with E-state index in [1.54, 1.807) is 6.07 Å². The van der Waals surface area contributed by atoms with E-state index in [1.807, 2.05) is 12.1 Å². The highest BCUT2D eigenvalue weighted by molar-refractivity contribution is 5.50. The van der Waals surface area contributed by atoms with Gasteiger partial charge in [-0.05, 0) is 49.3 Å². The molecule has 3 rings (SSSR count). The van der Waals surface area contributed by atoms with Gasteiger partial charge in [0.1, 0.15) is 5.82 Å². The molecule has 1 aliphatic carbocycles. The lowest BCUT2D eigenvalue weighted by Crippen LogP contribution is -2.33. The average molecular weight is 290 g/mol. The Kier molecular flexibility index (Phi) is 4.79. The predicted octanol–water partition coefficient (Wildman–Crippen LogP) is 4.09. The summed E-state index contributed by atoms with van der Waals surface area (Å²) >= 11 is 0. The third-order valence-corrected chi connectivity index (χ3v) is 5.08. The van der Waals surface area contributed by atoms with Crippen LogP contribution in [0, 0.1) is 11.7 Å². The molecule has 0 bridgehead atoms. The Labute approximate surface area is 127 Å². The van der Waals surface area contributed by atoms with E-state index in [-0.39, 0.29) is 5.82 Å². The fraction of sp³-hybridized carbons (Fsp3) is 0.667. The Morgan fingerprint density at radius 3 is 2.57 bits per heavy atom. The lowest BCUT2D eigenvalue weighted by atomic mass is 9.98. The van der Waals surface area contributed by atoms with Crippen molar-refractivity contribution < 1.29 is 4.39 Å². The second-order valence-electron chi connectivity index (χ2n) is 6.82. The number of benzene rings is 1. The summed E-state index contributed by atoms with van der Waals surface area (Å²) in [6.07, 6.45) is 7.61. The van der Waals surface area contributed by atoms with Crippen LogP contribution in [0.15, 0.2) is 18.2 Å². The first-order valence-electron chi connectivity index (χ1n) is 8.49. The third kappa shape index (κ3) is 3.76. The van der Waals surface area contributed by atoms with Gasteiger partial charge < -0.3 is 10.2 Å². The molecule has 1 heterocycles. The molecule has 116 valence electrons. The van der Waals surface area contributed by atoms with Gasteiger partial charge in [-0.25, -0.2) is 4.39 Å². The first kappa shape index (κ1) is 14.8. The van der Waals surface area contributed by atoms with Crippen molar-refractivity contribution in [3.05, 3.63) is 29.6 Å². The summed E-state index contributed by atoms with van der Waals surface area (Å²) in [6, 6.07) is 6.27. The number of nitrogens with zero attached hydrogens (tertiary/aromatic N) is 1. The quantitative estimate of drug-likeness (QED) is 0.898. The lowest BCUT2D eigenvalue weighted by molar-refractivity contribution is 0.434. The largest absolute Gasteiger partial charge is 0.369 e. The minimum absolute atomic E-state index is 0.0748. The van der Waals surface area contributed by atoms with Gasteiger partial charge in [0, 0.05) is 25.7 Å². The maximum atomic E-state index is 14.1. The highest BCUT2D eigenvalue weighted by atomic mass is 19.1. The van der Waals surface area contributed by atoms with Gasteiger partial charge in [-0.2, -0.15) is 0 Å². The molecule has 3 heteroatoms. The van der Waals surface area contributed by atoms with Crippen LogP contribution in [0.2, 0.25) is 0 Å². The number of hydrogen-bond acceptors (Lipinski definition) is 2. The zero-order valence-corrected chi connectivity index (χ0v) is 13.1. The van der Waals surface area contributed by atoms with Gasteiger partial charge in [-0.1, -0.05) is 25.8 Å². The molecule has 2 aliphatic rings. The maximum Gasteiger partial charge on any atom is 0.146 e. The minimum Gasteiger partial charge on any atom is -0.369 e. The summed E-state index contributed by atoms with van der Waals surface area (Å²) in [5.41, 5.74) is 2.00. The molecular formula is C18H27FN2. The first-order valence-corrected chi connectivity index (χ1v) is 8.49. The summed E-state index contributed by atoms with van der Waals surface area (Å²) in [4.78, 5) is 2.22. The fourth-order valence-electron chi connectivity index (χ4n) is 3.55. The molecule has 1 aromatic rings. The summed E-state index contributed by atoms with van der Waals surface area (Å²) in [6.45, 7) is 5.12. The van der Waals surface area contributed by atoms with E-state index in [0.29, 0.717) is 6.04 Å². The fourth-order valence-corrected chi connectivity index (χ4v) is 3.55. The van der Waals surface area contributed by atoms with Crippen LogP contribution < -0.4 is 10.2 Å². The molecule has 1 saturated carbocycles. The van der Waals surface area contributed by atoms with Crippen molar-refractivity contribution in [2.75, 3.05) is 18.0 Å². The molecule has 0 radical (unpaired) electrons. The molecule has 0 amide bonds. The van der Waals surface area contributed by atoms with Crippen LogP contribution in [0.4, 0.5) is 10.1 Å². The summed E-state index contributed by atoms with van der Waals surface area (Å²) in [5, 5.41) is 3.61. The van der Waals surface area contributed by atoms with Gasteiger partial charge in [-0.15, -0.1) is 0 Å². The number of anilines is 1. The van der Waals surface area contributed by atoms with Crippen LogP contribution in [0.5, 0.6) is 0 Å². The van der Waals surface area contributed by atoms with Crippen molar-refractivity contribution in [2.24, 2.45) is 5.92 Å². The summed E-state index contributed by atoms with van der Waals surface area (Å²) in [7, 11) is 0. The Hall–Kier alpha value is -1.09. The number of hydrogen-bond donors (Lipinski definition) is 1. The molecule has 2 nitrogen and oxygen atoms in total. The number of halogens is 1. The van der Waals surface area contributed by atoms with E-state index in [4.69, 9.17) is 0 Å². The van der Waals surface area contributed by atoms with E-state index in [2.05, 4.69) is 17.1 Å². The molecule has 21 heavy (non-hydrogen) atoms. The van der Waals surface area contributed by atoms with Crippen molar-refractivity contribution in [3.63, 3.8) is 0 Å². The van der Waals surface area contributed by atoms with Crippen LogP contribution >= 0.6 is 0 Å². The van der Waals surface area contributed by atoms with Crippen molar-refractivity contribution in [1.82, 2.24) is 5.32 Å². The van der Waals surface area contributed by atoms with Gasteiger partial charge in [0.05, 0.1) is 5.69 Å². The van der Waals surface area contributed by atoms with Crippen LogP contribution in [0.25, 0.3) is 0 Å². The van der Waals surface area contributed by atoms with Crippen molar-refractivity contribution in [2.45, 2.75) is 58.0 Å². The summed E-state index contributed by atoms with van der Waals surface area (Å²) in [5.74, 6) is 0.700. The maximum absolute atomic E-state index is 14.1. The molecule has 0 atom stereocenters. The van der Waals surface area contributed by atoms with Gasteiger partial charge in [-0.3, -0.25) is 0 Å². The predicted molar refractivity (Wildman–Crippen MR) is 86.1 cm³/mol. The Morgan fingerprint density at radius 2 is 1.86 bits per heavy atom. The van der Waals surface area contributed by atoms with E-state index in [9.17, 15) is 4.39 Å². The molecule has 0 spiro atoms. The smallest absolute Gasteiger partial charge is 0.146 e. The zero-order valence-electron chi connectivity index (χ0n) is 13.1. The van der Waals surface area contributed by atoms with Crippen LogP contribution in [0.1, 0.15) is 51.0 Å². The van der Waals surface area contributed by atoms with Crippen molar-refractivity contribution in [3.8, 4) is 0 Å². The van der Waals surface area contributed by atoms with E-state index in [0.717, 1.165) is 31.2 Å². The van der Waals surface area contributed by atoms with E-state index < -0.39 is 0 Å². The molecule has 1 saturated heterocycles. The average Bonchev–Trinajstić information content (AvgIpc) is 3.01. The SMILES string of the molecule is CC1CCN(c2cc(CNC3CCCC3)ccc2F)CC1. The minimum atomic E-state index is -0.0748. The Bertz CT molecular complexity index is 460. The highest BCUT2D eigenvalue weighted by Crippen LogP contribution is 2.27. The van der Waals surface area contributed by atoms with E-state index >= 15 is 0 Å². The molecule has 2 fully saturated rings. The molecule has 1 aromatic carbocycles. The second kappa shape index (κ2) is 6.78. The molecule has 0 unspecified atom stereocenters. The summed E-state index contributed by atoms with van der Waals surface area (Å²) < 4.78 is 14.1. The standard InChI is InChI=1S/C18H27FN2/c1-14-8-10-21(11-9-14)18-12-15(6-7-17(18)19)13-20-16-4-2-3-5-16/h6-7,12,14,16,20H,2-5,8-11,13H2,1H3. The normalized spacial score (nSPS) is 21.1.